The second-order valence-electron chi connectivity index (χ2n) is 7.72. The maximum atomic E-state index is 14.4. The van der Waals surface area contributed by atoms with Gasteiger partial charge in [0.25, 0.3) is 0 Å². The molecule has 0 unspecified atom stereocenters. The lowest BCUT2D eigenvalue weighted by atomic mass is 9.88. The highest BCUT2D eigenvalue weighted by molar-refractivity contribution is 5.98. The van der Waals surface area contributed by atoms with Crippen LogP contribution in [0.4, 0.5) is 18.9 Å². The van der Waals surface area contributed by atoms with Gasteiger partial charge in [-0.2, -0.15) is 8.78 Å². The van der Waals surface area contributed by atoms with Crippen molar-refractivity contribution in [1.82, 2.24) is 9.88 Å². The van der Waals surface area contributed by atoms with Gasteiger partial charge in [0.1, 0.15) is 5.82 Å². The van der Waals surface area contributed by atoms with Crippen molar-refractivity contribution < 1.29 is 22.7 Å². The minimum absolute atomic E-state index is 0.0175. The molecule has 0 saturated carbocycles. The van der Waals surface area contributed by atoms with E-state index in [-0.39, 0.29) is 12.2 Å². The van der Waals surface area contributed by atoms with Crippen LogP contribution in [-0.4, -0.2) is 47.1 Å². The summed E-state index contributed by atoms with van der Waals surface area (Å²) in [6.07, 6.45) is -3.19. The van der Waals surface area contributed by atoms with Crippen molar-refractivity contribution in [2.75, 3.05) is 24.5 Å². The molecule has 1 aromatic carbocycles. The number of alkyl halides is 2. The van der Waals surface area contributed by atoms with Crippen LogP contribution in [0.1, 0.15) is 24.2 Å². The zero-order valence-corrected chi connectivity index (χ0v) is 16.1. The van der Waals surface area contributed by atoms with E-state index in [2.05, 4.69) is 9.88 Å². The van der Waals surface area contributed by atoms with E-state index in [4.69, 9.17) is 4.74 Å². The molecule has 4 rings (SSSR count). The molecule has 2 aromatic rings. The molecule has 2 aliphatic heterocycles. The van der Waals surface area contributed by atoms with Crippen molar-refractivity contribution in [3.63, 3.8) is 0 Å². The summed E-state index contributed by atoms with van der Waals surface area (Å²) < 4.78 is 47.1. The highest BCUT2D eigenvalue weighted by Gasteiger charge is 2.57. The minimum atomic E-state index is -3.91. The van der Waals surface area contributed by atoms with Crippen molar-refractivity contribution in [2.24, 2.45) is 0 Å². The Balaban J connectivity index is 1.49. The number of likely N-dealkylation sites (tertiary alicyclic amines) is 1. The van der Waals surface area contributed by atoms with Crippen LogP contribution < -0.4 is 4.90 Å². The lowest BCUT2D eigenvalue weighted by Crippen LogP contribution is -2.64. The van der Waals surface area contributed by atoms with E-state index in [1.54, 1.807) is 0 Å². The Bertz CT molecular complexity index is 896. The van der Waals surface area contributed by atoms with Crippen LogP contribution in [0.3, 0.4) is 0 Å². The Hall–Kier alpha value is -2.45. The molecule has 1 spiro atoms. The number of pyridine rings is 1. The number of nitrogens with zero attached hydrogens (tertiary/aromatic N) is 3. The molecule has 2 aliphatic rings. The van der Waals surface area contributed by atoms with Gasteiger partial charge in [0.05, 0.1) is 17.8 Å². The highest BCUT2D eigenvalue weighted by Crippen LogP contribution is 2.40. The predicted molar refractivity (Wildman–Crippen MR) is 101 cm³/mol. The van der Waals surface area contributed by atoms with Crippen LogP contribution in [0.5, 0.6) is 0 Å². The van der Waals surface area contributed by atoms with Crippen molar-refractivity contribution >= 4 is 11.6 Å². The van der Waals surface area contributed by atoms with Crippen molar-refractivity contribution in [2.45, 2.75) is 38.0 Å². The number of carbonyl (C=O) groups excluding carboxylic acids is 1. The first-order valence-corrected chi connectivity index (χ1v) is 9.57. The maximum absolute atomic E-state index is 14.4. The van der Waals surface area contributed by atoms with Crippen LogP contribution >= 0.6 is 0 Å². The van der Waals surface area contributed by atoms with Crippen molar-refractivity contribution in [1.29, 1.82) is 0 Å². The molecule has 8 heteroatoms. The smallest absolute Gasteiger partial charge is 0.304 e. The highest BCUT2D eigenvalue weighted by atomic mass is 19.3. The van der Waals surface area contributed by atoms with Gasteiger partial charge < -0.3 is 9.64 Å². The van der Waals surface area contributed by atoms with Crippen LogP contribution in [0.2, 0.25) is 0 Å². The molecule has 29 heavy (non-hydrogen) atoms. The fourth-order valence-corrected chi connectivity index (χ4v) is 3.99. The summed E-state index contributed by atoms with van der Waals surface area (Å²) in [7, 11) is 0. The third-order valence-corrected chi connectivity index (χ3v) is 5.52. The molecule has 1 amide bonds. The summed E-state index contributed by atoms with van der Waals surface area (Å²) in [5.41, 5.74) is 0.964. The van der Waals surface area contributed by atoms with Gasteiger partial charge in [0.15, 0.2) is 0 Å². The average molecular weight is 405 g/mol. The third-order valence-electron chi connectivity index (χ3n) is 5.52. The molecule has 1 aromatic heterocycles. The Morgan fingerprint density at radius 3 is 2.45 bits per heavy atom. The number of piperidine rings is 1. The number of aromatic nitrogens is 1. The number of hydrogen-bond acceptors (Lipinski definition) is 4. The van der Waals surface area contributed by atoms with Crippen molar-refractivity contribution in [3.8, 4) is 0 Å². The molecule has 0 N–H and O–H groups in total. The number of benzene rings is 1. The number of hydrogen-bond donors (Lipinski definition) is 0. The quantitative estimate of drug-likeness (QED) is 0.784. The largest absolute Gasteiger partial charge is 0.437 e. The van der Waals surface area contributed by atoms with Crippen molar-refractivity contribution in [3.05, 3.63) is 59.7 Å². The first-order valence-electron chi connectivity index (χ1n) is 9.57. The van der Waals surface area contributed by atoms with E-state index in [1.165, 1.54) is 12.1 Å². The number of carbonyl (C=O) groups is 1. The molecular weight excluding hydrogens is 383 g/mol. The number of anilines is 1. The zero-order chi connectivity index (χ0) is 20.6. The van der Waals surface area contributed by atoms with Gasteiger partial charge >= 0.3 is 12.0 Å². The fourth-order valence-electron chi connectivity index (χ4n) is 3.99. The Kier molecular flexibility index (Phi) is 5.08. The summed E-state index contributed by atoms with van der Waals surface area (Å²) in [6, 6.07) is 10.8. The average Bonchev–Trinajstić information content (AvgIpc) is 2.67. The SMILES string of the molecule is Cc1cccc(CN2CCC3(CC2)CN(c2ccc(F)cc2)C(=O)C(F)(F)O3)n1. The van der Waals surface area contributed by atoms with E-state index in [9.17, 15) is 18.0 Å². The van der Waals surface area contributed by atoms with E-state index in [1.807, 2.05) is 25.1 Å². The molecule has 0 atom stereocenters. The molecule has 0 bridgehead atoms. The number of halogens is 3. The first kappa shape index (κ1) is 19.8. The van der Waals surface area contributed by atoms with Crippen LogP contribution in [0, 0.1) is 12.7 Å². The van der Waals surface area contributed by atoms with Gasteiger partial charge in [-0.1, -0.05) is 6.07 Å². The van der Waals surface area contributed by atoms with Crippen LogP contribution in [0.15, 0.2) is 42.5 Å². The molecule has 154 valence electrons. The molecule has 0 aliphatic carbocycles. The van der Waals surface area contributed by atoms with E-state index in [0.717, 1.165) is 28.4 Å². The number of amides is 1. The second-order valence-corrected chi connectivity index (χ2v) is 7.72. The Morgan fingerprint density at radius 2 is 1.79 bits per heavy atom. The van der Waals surface area contributed by atoms with Crippen LogP contribution in [-0.2, 0) is 16.1 Å². The predicted octanol–water partition coefficient (Wildman–Crippen LogP) is 3.52. The van der Waals surface area contributed by atoms with E-state index in [0.29, 0.717) is 32.5 Å². The summed E-state index contributed by atoms with van der Waals surface area (Å²) in [4.78, 5) is 19.9. The number of aryl methyl sites for hydroxylation is 1. The summed E-state index contributed by atoms with van der Waals surface area (Å²) in [5, 5.41) is 0. The van der Waals surface area contributed by atoms with Gasteiger partial charge in [-0.25, -0.2) is 4.39 Å². The zero-order valence-electron chi connectivity index (χ0n) is 16.1. The van der Waals surface area contributed by atoms with Gasteiger partial charge in [-0.05, 0) is 56.2 Å². The molecular formula is C21H22F3N3O2. The van der Waals surface area contributed by atoms with Gasteiger partial charge in [0.2, 0.25) is 0 Å². The monoisotopic (exact) mass is 405 g/mol. The second kappa shape index (κ2) is 7.42. The summed E-state index contributed by atoms with van der Waals surface area (Å²) >= 11 is 0. The first-order chi connectivity index (χ1) is 13.8. The summed E-state index contributed by atoms with van der Waals surface area (Å²) in [5.74, 6) is -1.91. The van der Waals surface area contributed by atoms with Crippen LogP contribution in [0.25, 0.3) is 0 Å². The Labute approximate surface area is 167 Å². The number of morpholine rings is 1. The van der Waals surface area contributed by atoms with E-state index >= 15 is 0 Å². The van der Waals surface area contributed by atoms with Gasteiger partial charge in [-0.15, -0.1) is 0 Å². The Morgan fingerprint density at radius 1 is 1.10 bits per heavy atom. The lowest BCUT2D eigenvalue weighted by Gasteiger charge is -2.48. The third kappa shape index (κ3) is 4.13. The fraction of sp³-hybridized carbons (Fsp3) is 0.429. The number of rotatable bonds is 3. The topological polar surface area (TPSA) is 45.7 Å². The van der Waals surface area contributed by atoms with Gasteiger partial charge in [0, 0.05) is 31.0 Å². The normalized spacial score (nSPS) is 21.5. The molecule has 3 heterocycles. The summed E-state index contributed by atoms with van der Waals surface area (Å²) in [6.45, 7) is 3.68. The maximum Gasteiger partial charge on any atom is 0.437 e. The molecule has 2 saturated heterocycles. The molecule has 2 fully saturated rings. The lowest BCUT2D eigenvalue weighted by molar-refractivity contribution is -0.293. The number of ether oxygens (including phenoxy) is 1. The van der Waals surface area contributed by atoms with E-state index < -0.39 is 23.4 Å². The minimum Gasteiger partial charge on any atom is -0.304 e. The molecule has 5 nitrogen and oxygen atoms in total. The molecule has 0 radical (unpaired) electrons. The van der Waals surface area contributed by atoms with Gasteiger partial charge in [-0.3, -0.25) is 14.7 Å². The standard InChI is InChI=1S/C21H22F3N3O2/c1-15-3-2-4-17(25-15)13-26-11-9-20(10-12-26)14-27(19(28)21(23,24)29-20)18-7-5-16(22)6-8-18/h2-8H,9-14H2,1H3.